The summed E-state index contributed by atoms with van der Waals surface area (Å²) in [7, 11) is 3.92. The third-order valence-corrected chi connectivity index (χ3v) is 3.37. The highest BCUT2D eigenvalue weighted by Crippen LogP contribution is 2.16. The molecule has 0 atom stereocenters. The Balaban J connectivity index is 1.88. The van der Waals surface area contributed by atoms with Crippen molar-refractivity contribution in [1.82, 2.24) is 29.8 Å². The lowest BCUT2D eigenvalue weighted by atomic mass is 10.2. The van der Waals surface area contributed by atoms with Crippen LogP contribution in [0.25, 0.3) is 5.69 Å². The van der Waals surface area contributed by atoms with E-state index in [1.54, 1.807) is 10.9 Å². The molecule has 0 N–H and O–H groups in total. The highest BCUT2D eigenvalue weighted by molar-refractivity contribution is 5.41. The number of aryl methyl sites for hydroxylation is 2. The summed E-state index contributed by atoms with van der Waals surface area (Å²) in [4.78, 5) is 6.30. The van der Waals surface area contributed by atoms with Crippen molar-refractivity contribution < 1.29 is 0 Å². The molecule has 0 aliphatic carbocycles. The second-order valence-electron chi connectivity index (χ2n) is 5.04. The first kappa shape index (κ1) is 13.3. The number of aromatic nitrogens is 6. The van der Waals surface area contributed by atoms with E-state index in [0.29, 0.717) is 12.5 Å². The summed E-state index contributed by atoms with van der Waals surface area (Å²) < 4.78 is 3.71. The number of benzene rings is 1. The molecule has 1 aromatic carbocycles. The van der Waals surface area contributed by atoms with Crippen LogP contribution >= 0.6 is 0 Å². The molecule has 0 unspecified atom stereocenters. The lowest BCUT2D eigenvalue weighted by Gasteiger charge is -2.17. The van der Waals surface area contributed by atoms with Crippen LogP contribution in [0.2, 0.25) is 0 Å². The first-order valence-electron chi connectivity index (χ1n) is 6.68. The molecule has 0 aliphatic rings. The van der Waals surface area contributed by atoms with Crippen molar-refractivity contribution in [3.05, 3.63) is 48.0 Å². The van der Waals surface area contributed by atoms with E-state index in [9.17, 15) is 0 Å². The summed E-state index contributed by atoms with van der Waals surface area (Å²) >= 11 is 0. The van der Waals surface area contributed by atoms with Crippen LogP contribution in [0.1, 0.15) is 11.4 Å². The highest BCUT2D eigenvalue weighted by atomic mass is 15.6. The molecule has 0 saturated heterocycles. The lowest BCUT2D eigenvalue weighted by molar-refractivity contribution is 0.728. The molecule has 7 nitrogen and oxygen atoms in total. The van der Waals surface area contributed by atoms with Crippen LogP contribution in [0.15, 0.2) is 36.7 Å². The zero-order chi connectivity index (χ0) is 14.8. The van der Waals surface area contributed by atoms with Gasteiger partial charge in [0.05, 0.1) is 12.2 Å². The topological polar surface area (TPSA) is 64.7 Å². The number of tetrazole rings is 1. The molecule has 21 heavy (non-hydrogen) atoms. The van der Waals surface area contributed by atoms with Crippen LogP contribution in [0.4, 0.5) is 5.95 Å². The molecule has 0 aliphatic heterocycles. The standard InChI is InChI=1S/C14H17N7/c1-11-4-6-12(7-5-11)21-14(16-17-18-21)20(3)10-13-15-8-9-19(13)2/h4-9H,10H2,1-3H3. The molecule has 0 amide bonds. The van der Waals surface area contributed by atoms with Crippen molar-refractivity contribution in [3.8, 4) is 5.69 Å². The van der Waals surface area contributed by atoms with Crippen molar-refractivity contribution in [2.75, 3.05) is 11.9 Å². The van der Waals surface area contributed by atoms with Crippen molar-refractivity contribution in [1.29, 1.82) is 0 Å². The van der Waals surface area contributed by atoms with E-state index in [1.807, 2.05) is 54.0 Å². The first-order chi connectivity index (χ1) is 10.1. The van der Waals surface area contributed by atoms with Gasteiger partial charge in [-0.2, -0.15) is 4.68 Å². The number of hydrogen-bond acceptors (Lipinski definition) is 5. The van der Waals surface area contributed by atoms with Gasteiger partial charge in [-0.1, -0.05) is 22.8 Å². The van der Waals surface area contributed by atoms with Crippen LogP contribution in [0, 0.1) is 6.92 Å². The van der Waals surface area contributed by atoms with Crippen LogP contribution < -0.4 is 4.90 Å². The van der Waals surface area contributed by atoms with Crippen LogP contribution in [-0.4, -0.2) is 36.8 Å². The monoisotopic (exact) mass is 283 g/mol. The maximum atomic E-state index is 4.32. The first-order valence-corrected chi connectivity index (χ1v) is 6.68. The zero-order valence-electron chi connectivity index (χ0n) is 12.3. The van der Waals surface area contributed by atoms with Gasteiger partial charge in [0.2, 0.25) is 0 Å². The predicted octanol–water partition coefficient (Wildman–Crippen LogP) is 1.34. The van der Waals surface area contributed by atoms with E-state index < -0.39 is 0 Å². The normalized spacial score (nSPS) is 10.8. The molecule has 108 valence electrons. The zero-order valence-corrected chi connectivity index (χ0v) is 12.3. The Hall–Kier alpha value is -2.70. The van der Waals surface area contributed by atoms with Gasteiger partial charge in [-0.25, -0.2) is 4.98 Å². The van der Waals surface area contributed by atoms with Crippen molar-refractivity contribution in [2.45, 2.75) is 13.5 Å². The molecule has 2 aromatic heterocycles. The molecule has 2 heterocycles. The highest BCUT2D eigenvalue weighted by Gasteiger charge is 2.14. The number of anilines is 1. The van der Waals surface area contributed by atoms with Gasteiger partial charge >= 0.3 is 0 Å². The van der Waals surface area contributed by atoms with Crippen LogP contribution in [0.5, 0.6) is 0 Å². The Bertz CT molecular complexity index is 726. The average molecular weight is 283 g/mol. The van der Waals surface area contributed by atoms with Crippen LogP contribution in [-0.2, 0) is 13.6 Å². The minimum absolute atomic E-state index is 0.635. The average Bonchev–Trinajstić information content (AvgIpc) is 3.09. The van der Waals surface area contributed by atoms with Crippen molar-refractivity contribution in [2.24, 2.45) is 7.05 Å². The van der Waals surface area contributed by atoms with E-state index in [4.69, 9.17) is 0 Å². The molecule has 3 aromatic rings. The fourth-order valence-electron chi connectivity index (χ4n) is 2.11. The summed E-state index contributed by atoms with van der Waals surface area (Å²) in [6.07, 6.45) is 3.71. The minimum atomic E-state index is 0.635. The Kier molecular flexibility index (Phi) is 3.39. The van der Waals surface area contributed by atoms with E-state index >= 15 is 0 Å². The molecule has 0 radical (unpaired) electrons. The number of rotatable bonds is 4. The van der Waals surface area contributed by atoms with E-state index in [-0.39, 0.29) is 0 Å². The summed E-state index contributed by atoms with van der Waals surface area (Å²) in [5.74, 6) is 1.64. The second kappa shape index (κ2) is 5.35. The molecule has 7 heteroatoms. The number of nitrogens with zero attached hydrogens (tertiary/aromatic N) is 7. The van der Waals surface area contributed by atoms with Crippen molar-refractivity contribution in [3.63, 3.8) is 0 Å². The Morgan fingerprint density at radius 3 is 2.62 bits per heavy atom. The number of hydrogen-bond donors (Lipinski definition) is 0. The fourth-order valence-corrected chi connectivity index (χ4v) is 2.11. The van der Waals surface area contributed by atoms with Gasteiger partial charge in [0, 0.05) is 26.5 Å². The van der Waals surface area contributed by atoms with Crippen LogP contribution in [0.3, 0.4) is 0 Å². The Morgan fingerprint density at radius 1 is 1.19 bits per heavy atom. The van der Waals surface area contributed by atoms with Gasteiger partial charge in [0.15, 0.2) is 0 Å². The SMILES string of the molecule is Cc1ccc(-n2nnnc2N(C)Cc2nccn2C)cc1. The summed E-state index contributed by atoms with van der Waals surface area (Å²) in [6, 6.07) is 8.09. The quantitative estimate of drug-likeness (QED) is 0.723. The largest absolute Gasteiger partial charge is 0.337 e. The molecule has 0 bridgehead atoms. The fraction of sp³-hybridized carbons (Fsp3) is 0.286. The predicted molar refractivity (Wildman–Crippen MR) is 79.2 cm³/mol. The molecule has 0 saturated carbocycles. The smallest absolute Gasteiger partial charge is 0.250 e. The third-order valence-electron chi connectivity index (χ3n) is 3.37. The van der Waals surface area contributed by atoms with E-state index in [0.717, 1.165) is 11.5 Å². The van der Waals surface area contributed by atoms with Gasteiger partial charge in [0.25, 0.3) is 5.95 Å². The van der Waals surface area contributed by atoms with Crippen molar-refractivity contribution >= 4 is 5.95 Å². The summed E-state index contributed by atoms with van der Waals surface area (Å²) in [6.45, 7) is 2.69. The van der Waals surface area contributed by atoms with Gasteiger partial charge < -0.3 is 9.47 Å². The molecule has 0 fully saturated rings. The molecule has 3 rings (SSSR count). The van der Waals surface area contributed by atoms with Gasteiger partial charge in [-0.3, -0.25) is 0 Å². The molecule has 0 spiro atoms. The lowest BCUT2D eigenvalue weighted by Crippen LogP contribution is -2.22. The number of imidazole rings is 1. The summed E-state index contributed by atoms with van der Waals surface area (Å²) in [5, 5.41) is 12.0. The van der Waals surface area contributed by atoms with Gasteiger partial charge in [0.1, 0.15) is 5.82 Å². The second-order valence-corrected chi connectivity index (χ2v) is 5.04. The van der Waals surface area contributed by atoms with E-state index in [2.05, 4.69) is 27.4 Å². The maximum absolute atomic E-state index is 4.32. The minimum Gasteiger partial charge on any atom is -0.337 e. The van der Waals surface area contributed by atoms with E-state index in [1.165, 1.54) is 5.56 Å². The third kappa shape index (κ3) is 2.62. The Labute approximate surface area is 122 Å². The maximum Gasteiger partial charge on any atom is 0.250 e. The Morgan fingerprint density at radius 2 is 1.95 bits per heavy atom. The summed E-state index contributed by atoms with van der Waals surface area (Å²) in [5.41, 5.74) is 2.14. The molecular formula is C14H17N7. The van der Waals surface area contributed by atoms with Gasteiger partial charge in [-0.15, -0.1) is 0 Å². The molecular weight excluding hydrogens is 266 g/mol. The van der Waals surface area contributed by atoms with Gasteiger partial charge in [-0.05, 0) is 29.5 Å².